The molecule has 0 saturated heterocycles. The van der Waals surface area contributed by atoms with Gasteiger partial charge in [0.1, 0.15) is 17.2 Å². The van der Waals surface area contributed by atoms with E-state index in [0.717, 1.165) is 23.1 Å². The van der Waals surface area contributed by atoms with E-state index in [1.165, 1.54) is 10.9 Å². The molecule has 1 fully saturated rings. The summed E-state index contributed by atoms with van der Waals surface area (Å²) in [5.41, 5.74) is 1.61. The zero-order valence-electron chi connectivity index (χ0n) is 21.0. The van der Waals surface area contributed by atoms with Crippen molar-refractivity contribution in [2.24, 2.45) is 0 Å². The number of carbonyl (C=O) groups is 1. The van der Waals surface area contributed by atoms with Gasteiger partial charge in [0.15, 0.2) is 17.5 Å². The van der Waals surface area contributed by atoms with Gasteiger partial charge in [-0.15, -0.1) is 0 Å². The lowest BCUT2D eigenvalue weighted by Gasteiger charge is -2.44. The molecule has 37 heavy (non-hydrogen) atoms. The summed E-state index contributed by atoms with van der Waals surface area (Å²) in [7, 11) is 1.55. The lowest BCUT2D eigenvalue weighted by Crippen LogP contribution is -2.56. The number of nitrogens with one attached hydrogen (secondary N) is 3. The second kappa shape index (κ2) is 9.69. The molecule has 12 heteroatoms. The van der Waals surface area contributed by atoms with Crippen LogP contribution in [0.3, 0.4) is 0 Å². The number of ether oxygens (including phenoxy) is 1. The van der Waals surface area contributed by atoms with E-state index in [9.17, 15) is 9.18 Å². The first kappa shape index (κ1) is 24.5. The van der Waals surface area contributed by atoms with Gasteiger partial charge >= 0.3 is 0 Å². The normalized spacial score (nSPS) is 19.8. The second-order valence-corrected chi connectivity index (χ2v) is 9.37. The van der Waals surface area contributed by atoms with Crippen LogP contribution in [0.4, 0.5) is 16.0 Å². The number of halogens is 1. The van der Waals surface area contributed by atoms with E-state index in [1.807, 2.05) is 39.0 Å². The molecule has 0 bridgehead atoms. The maximum atomic E-state index is 13.2. The van der Waals surface area contributed by atoms with Gasteiger partial charge in [-0.1, -0.05) is 6.07 Å². The molecule has 4 aromatic rings. The number of methoxy groups -OCH3 is 1. The molecule has 0 spiro atoms. The molecular weight excluding hydrogens is 477 g/mol. The highest BCUT2D eigenvalue weighted by Crippen LogP contribution is 2.46. The van der Waals surface area contributed by atoms with Crippen molar-refractivity contribution in [2.45, 2.75) is 51.2 Å². The predicted molar refractivity (Wildman–Crippen MR) is 133 cm³/mol. The topological polar surface area (TPSA) is 136 Å². The summed E-state index contributed by atoms with van der Waals surface area (Å²) in [6, 6.07) is 6.99. The number of aromatic nitrogens is 7. The molecule has 3 N–H and O–H groups in total. The zero-order valence-corrected chi connectivity index (χ0v) is 21.0. The first-order chi connectivity index (χ1) is 17.7. The molecule has 1 atom stereocenters. The number of hydrogen-bond acceptors (Lipinski definition) is 8. The molecule has 1 aliphatic carbocycles. The average molecular weight is 506 g/mol. The molecule has 4 aromatic heterocycles. The second-order valence-electron chi connectivity index (χ2n) is 9.37. The van der Waals surface area contributed by atoms with Crippen molar-refractivity contribution in [1.82, 2.24) is 40.2 Å². The molecular formula is C25H28FN9O2. The smallest absolute Gasteiger partial charge is 0.252 e. The Labute approximate surface area is 212 Å². The zero-order chi connectivity index (χ0) is 26.2. The van der Waals surface area contributed by atoms with Crippen LogP contribution < -0.4 is 10.6 Å². The quantitative estimate of drug-likeness (QED) is 0.331. The van der Waals surface area contributed by atoms with Crippen molar-refractivity contribution >= 4 is 17.5 Å². The Morgan fingerprint density at radius 2 is 2.03 bits per heavy atom. The minimum absolute atomic E-state index is 0.0159. The van der Waals surface area contributed by atoms with Crippen LogP contribution >= 0.6 is 0 Å². The molecule has 0 aliphatic heterocycles. The van der Waals surface area contributed by atoms with Crippen LogP contribution in [0.1, 0.15) is 54.5 Å². The highest BCUT2D eigenvalue weighted by molar-refractivity contribution is 5.87. The van der Waals surface area contributed by atoms with E-state index in [2.05, 4.69) is 40.9 Å². The highest BCUT2D eigenvalue weighted by atomic mass is 19.1. The van der Waals surface area contributed by atoms with E-state index < -0.39 is 11.4 Å². The van der Waals surface area contributed by atoms with Gasteiger partial charge in [-0.2, -0.15) is 10.2 Å². The Morgan fingerprint density at radius 1 is 1.22 bits per heavy atom. The minimum atomic E-state index is -0.959. The van der Waals surface area contributed by atoms with Gasteiger partial charge in [0.25, 0.3) is 5.91 Å². The SMILES string of the molecule is CO[C@]1(C(=O)N[C@@H](C)c2ccc(-n3cc(F)cn3)nc2)C[C@H](c2nc(C)cc(Nc3cc(C)[nH]n3)n2)C1. The van der Waals surface area contributed by atoms with Crippen LogP contribution in [0.15, 0.2) is 42.9 Å². The number of hydrogen-bond donors (Lipinski definition) is 3. The summed E-state index contributed by atoms with van der Waals surface area (Å²) in [5, 5.41) is 17.2. The summed E-state index contributed by atoms with van der Waals surface area (Å²) in [6.45, 7) is 5.71. The Bertz CT molecular complexity index is 1410. The van der Waals surface area contributed by atoms with Crippen molar-refractivity contribution in [3.63, 3.8) is 0 Å². The number of rotatable bonds is 8. The van der Waals surface area contributed by atoms with Crippen LogP contribution in [0, 0.1) is 19.7 Å². The Hall–Kier alpha value is -4.19. The Kier molecular flexibility index (Phi) is 6.42. The maximum absolute atomic E-state index is 13.2. The Balaban J connectivity index is 1.23. The van der Waals surface area contributed by atoms with Crippen molar-refractivity contribution in [1.29, 1.82) is 0 Å². The fourth-order valence-electron chi connectivity index (χ4n) is 4.44. The molecule has 4 heterocycles. The summed E-state index contributed by atoms with van der Waals surface area (Å²) in [6.07, 6.45) is 4.94. The fraction of sp³-hybridized carbons (Fsp3) is 0.360. The number of amides is 1. The molecule has 0 unspecified atom stereocenters. The predicted octanol–water partition coefficient (Wildman–Crippen LogP) is 3.42. The molecule has 0 radical (unpaired) electrons. The van der Waals surface area contributed by atoms with Gasteiger partial charge in [-0.05, 0) is 45.2 Å². The van der Waals surface area contributed by atoms with Crippen LogP contribution in [0.5, 0.6) is 0 Å². The lowest BCUT2D eigenvalue weighted by atomic mass is 9.69. The average Bonchev–Trinajstić information content (AvgIpc) is 3.46. The number of carbonyl (C=O) groups excluding carboxylic acids is 1. The Morgan fingerprint density at radius 3 is 2.65 bits per heavy atom. The molecule has 5 rings (SSSR count). The third kappa shape index (κ3) is 5.05. The lowest BCUT2D eigenvalue weighted by molar-refractivity contribution is -0.158. The third-order valence-electron chi connectivity index (χ3n) is 6.56. The number of pyridine rings is 1. The van der Waals surface area contributed by atoms with Crippen LogP contribution in [-0.4, -0.2) is 53.5 Å². The molecule has 1 saturated carbocycles. The van der Waals surface area contributed by atoms with Crippen molar-refractivity contribution in [3.05, 3.63) is 71.4 Å². The van der Waals surface area contributed by atoms with E-state index in [-0.39, 0.29) is 17.9 Å². The van der Waals surface area contributed by atoms with Gasteiger partial charge in [0, 0.05) is 42.7 Å². The summed E-state index contributed by atoms with van der Waals surface area (Å²) < 4.78 is 20.3. The molecule has 192 valence electrons. The standard InChI is InChI=1S/C25H28FN9O2/c1-14-7-20(31-21-8-15(2)33-34-21)32-23(29-14)18-9-25(10-18,37-4)24(36)30-16(3)17-5-6-22(27-11-17)35-13-19(26)12-28-35/h5-8,11-13,16,18H,9-10H2,1-4H3,(H,30,36)(H2,29,31,32,33,34)/t16-,18-,25+/m0/s1. The van der Waals surface area contributed by atoms with Crippen molar-refractivity contribution < 1.29 is 13.9 Å². The van der Waals surface area contributed by atoms with Gasteiger partial charge in [-0.25, -0.2) is 24.0 Å². The van der Waals surface area contributed by atoms with E-state index in [1.54, 1.807) is 19.4 Å². The van der Waals surface area contributed by atoms with Gasteiger partial charge < -0.3 is 15.4 Å². The number of anilines is 2. The minimum Gasteiger partial charge on any atom is -0.368 e. The van der Waals surface area contributed by atoms with Gasteiger partial charge in [0.2, 0.25) is 0 Å². The maximum Gasteiger partial charge on any atom is 0.252 e. The van der Waals surface area contributed by atoms with E-state index in [4.69, 9.17) is 4.74 Å². The number of aromatic amines is 1. The molecule has 11 nitrogen and oxygen atoms in total. The number of nitrogens with zero attached hydrogens (tertiary/aromatic N) is 6. The van der Waals surface area contributed by atoms with Gasteiger partial charge in [-0.3, -0.25) is 9.89 Å². The van der Waals surface area contributed by atoms with E-state index >= 15 is 0 Å². The van der Waals surface area contributed by atoms with Crippen molar-refractivity contribution in [2.75, 3.05) is 12.4 Å². The molecule has 1 amide bonds. The van der Waals surface area contributed by atoms with E-state index in [0.29, 0.717) is 36.1 Å². The summed E-state index contributed by atoms with van der Waals surface area (Å²) in [4.78, 5) is 26.8. The highest BCUT2D eigenvalue weighted by Gasteiger charge is 2.52. The largest absolute Gasteiger partial charge is 0.368 e. The third-order valence-corrected chi connectivity index (χ3v) is 6.56. The van der Waals surface area contributed by atoms with Crippen LogP contribution in [0.25, 0.3) is 5.82 Å². The number of H-pyrrole nitrogens is 1. The monoisotopic (exact) mass is 505 g/mol. The summed E-state index contributed by atoms with van der Waals surface area (Å²) in [5.74, 6) is 1.82. The van der Waals surface area contributed by atoms with Crippen LogP contribution in [-0.2, 0) is 9.53 Å². The van der Waals surface area contributed by atoms with Crippen molar-refractivity contribution in [3.8, 4) is 5.82 Å². The van der Waals surface area contributed by atoms with Crippen LogP contribution in [0.2, 0.25) is 0 Å². The summed E-state index contributed by atoms with van der Waals surface area (Å²) >= 11 is 0. The molecule has 0 aromatic carbocycles. The molecule has 1 aliphatic rings. The first-order valence-electron chi connectivity index (χ1n) is 11.9. The first-order valence-corrected chi connectivity index (χ1v) is 11.9. The van der Waals surface area contributed by atoms with Gasteiger partial charge in [0.05, 0.1) is 18.4 Å². The fourth-order valence-corrected chi connectivity index (χ4v) is 4.44. The number of aryl methyl sites for hydroxylation is 2.